The molecule has 1 saturated heterocycles. The fourth-order valence-corrected chi connectivity index (χ4v) is 6.31. The first-order chi connectivity index (χ1) is 16.9. The lowest BCUT2D eigenvalue weighted by Crippen LogP contribution is -2.44. The van der Waals surface area contributed by atoms with Crippen LogP contribution in [0.25, 0.3) is 0 Å². The van der Waals surface area contributed by atoms with Crippen LogP contribution in [0.15, 0.2) is 66.7 Å². The van der Waals surface area contributed by atoms with Crippen LogP contribution in [0.4, 0.5) is 18.9 Å². The molecule has 0 bridgehead atoms. The average molecular weight is 533 g/mol. The van der Waals surface area contributed by atoms with E-state index < -0.39 is 41.0 Å². The number of carbonyl (C=O) groups is 1. The minimum Gasteiger partial charge on any atom is -0.406 e. The van der Waals surface area contributed by atoms with Gasteiger partial charge in [-0.3, -0.25) is 9.69 Å². The third-order valence-electron chi connectivity index (χ3n) is 7.19. The molecule has 0 spiro atoms. The second-order valence-electron chi connectivity index (χ2n) is 8.97. The summed E-state index contributed by atoms with van der Waals surface area (Å²) in [6.07, 6.45) is -6.13. The van der Waals surface area contributed by atoms with Gasteiger partial charge in [0.15, 0.2) is 0 Å². The fraction of sp³-hybridized carbons (Fsp3) is 0.231. The number of amides is 1. The van der Waals surface area contributed by atoms with Crippen molar-refractivity contribution in [2.45, 2.75) is 24.9 Å². The first-order valence-electron chi connectivity index (χ1n) is 10.8. The third kappa shape index (κ3) is 3.46. The van der Waals surface area contributed by atoms with Gasteiger partial charge in [-0.25, -0.2) is 0 Å². The molecular formula is C26H17Cl2F3N2O3. The molecule has 5 nitrogen and oxygen atoms in total. The van der Waals surface area contributed by atoms with E-state index in [9.17, 15) is 28.3 Å². The second kappa shape index (κ2) is 8.13. The molecule has 1 amide bonds. The predicted molar refractivity (Wildman–Crippen MR) is 127 cm³/mol. The SMILES string of the molecule is C[C@]12C(=O)N(c3cc(Cl)cc(Cl)c3)C(O)[C@H]1[C@@]2(c1ccc(C#N)cc1)c1ccc(OC(F)(F)F)cc1. The number of nitriles is 1. The zero-order chi connectivity index (χ0) is 26.0. The van der Waals surface area contributed by atoms with Crippen LogP contribution >= 0.6 is 23.2 Å². The largest absolute Gasteiger partial charge is 0.573 e. The maximum Gasteiger partial charge on any atom is 0.573 e. The van der Waals surface area contributed by atoms with Crippen LogP contribution in [-0.4, -0.2) is 23.6 Å². The summed E-state index contributed by atoms with van der Waals surface area (Å²) in [6.45, 7) is 1.72. The summed E-state index contributed by atoms with van der Waals surface area (Å²) >= 11 is 12.2. The summed E-state index contributed by atoms with van der Waals surface area (Å²) in [5.74, 6) is -1.45. The van der Waals surface area contributed by atoms with Gasteiger partial charge in [0.05, 0.1) is 17.0 Å². The number of fused-ring (bicyclic) bond motifs is 1. The standard InChI is InChI=1S/C26H17Cl2F3N2O3/c1-24-21(22(34)33(23(24)35)19-11-17(27)10-18(28)12-19)25(24,15-4-2-14(13-32)3-5-15)16-6-8-20(9-7-16)36-26(29,30)31/h2-12,21-22,34H,1H3/t21-,22?,24-,25-/m1/s1. The van der Waals surface area contributed by atoms with Gasteiger partial charge in [0, 0.05) is 27.1 Å². The molecule has 1 heterocycles. The van der Waals surface area contributed by atoms with Crippen LogP contribution < -0.4 is 9.64 Å². The number of rotatable bonds is 4. The van der Waals surface area contributed by atoms with Crippen molar-refractivity contribution in [3.05, 3.63) is 93.5 Å². The van der Waals surface area contributed by atoms with E-state index in [1.165, 1.54) is 47.4 Å². The quantitative estimate of drug-likeness (QED) is 0.443. The average Bonchev–Trinajstić information content (AvgIpc) is 3.32. The number of anilines is 1. The molecule has 10 heteroatoms. The molecule has 4 atom stereocenters. The zero-order valence-electron chi connectivity index (χ0n) is 18.6. The minimum atomic E-state index is -4.85. The van der Waals surface area contributed by atoms with Gasteiger partial charge in [0.1, 0.15) is 12.0 Å². The summed E-state index contributed by atoms with van der Waals surface area (Å²) in [4.78, 5) is 15.1. The number of nitrogens with zero attached hydrogens (tertiary/aromatic N) is 2. The number of alkyl halides is 3. The first kappa shape index (κ1) is 24.4. The molecule has 1 saturated carbocycles. The van der Waals surface area contributed by atoms with Gasteiger partial charge in [-0.1, -0.05) is 47.5 Å². The van der Waals surface area contributed by atoms with Crippen molar-refractivity contribution in [3.8, 4) is 11.8 Å². The Bertz CT molecular complexity index is 1390. The maximum atomic E-state index is 13.9. The Morgan fingerprint density at radius 2 is 1.53 bits per heavy atom. The lowest BCUT2D eigenvalue weighted by atomic mass is 9.78. The van der Waals surface area contributed by atoms with Crippen LogP contribution in [0.2, 0.25) is 10.0 Å². The highest BCUT2D eigenvalue weighted by atomic mass is 35.5. The van der Waals surface area contributed by atoms with Gasteiger partial charge in [0.2, 0.25) is 5.91 Å². The molecule has 0 aromatic heterocycles. The monoisotopic (exact) mass is 532 g/mol. The summed E-state index contributed by atoms with van der Waals surface area (Å²) < 4.78 is 42.1. The highest BCUT2D eigenvalue weighted by Crippen LogP contribution is 2.78. The Morgan fingerprint density at radius 3 is 1.97 bits per heavy atom. The van der Waals surface area contributed by atoms with E-state index in [1.54, 1.807) is 31.2 Å². The Balaban J connectivity index is 1.62. The molecule has 5 rings (SSSR count). The predicted octanol–water partition coefficient (Wildman–Crippen LogP) is 6.05. The van der Waals surface area contributed by atoms with Crippen molar-refractivity contribution in [1.29, 1.82) is 5.26 Å². The minimum absolute atomic E-state index is 0.293. The smallest absolute Gasteiger partial charge is 0.406 e. The number of aliphatic hydroxyl groups is 1. The number of piperidine rings is 1. The van der Waals surface area contributed by atoms with Crippen LogP contribution in [0, 0.1) is 22.7 Å². The van der Waals surface area contributed by atoms with Crippen molar-refractivity contribution >= 4 is 34.8 Å². The summed E-state index contributed by atoms with van der Waals surface area (Å²) in [7, 11) is 0. The van der Waals surface area contributed by atoms with E-state index >= 15 is 0 Å². The van der Waals surface area contributed by atoms with Gasteiger partial charge in [0.25, 0.3) is 0 Å². The van der Waals surface area contributed by atoms with Crippen LogP contribution in [0.5, 0.6) is 5.75 Å². The molecule has 1 aliphatic carbocycles. The van der Waals surface area contributed by atoms with Crippen molar-refractivity contribution in [2.75, 3.05) is 4.90 Å². The normalized spacial score (nSPS) is 26.9. The Hall–Kier alpha value is -3.25. The topological polar surface area (TPSA) is 73.6 Å². The molecule has 1 unspecified atom stereocenters. The van der Waals surface area contributed by atoms with Gasteiger partial charge in [-0.15, -0.1) is 13.2 Å². The summed E-state index contributed by atoms with van der Waals surface area (Å²) in [5, 5.41) is 21.2. The van der Waals surface area contributed by atoms with Crippen molar-refractivity contribution in [3.63, 3.8) is 0 Å². The number of ether oxygens (including phenoxy) is 1. The van der Waals surface area contributed by atoms with Gasteiger partial charge < -0.3 is 9.84 Å². The number of aliphatic hydroxyl groups excluding tert-OH is 1. The second-order valence-corrected chi connectivity index (χ2v) is 9.84. The molecule has 2 aliphatic rings. The highest BCUT2D eigenvalue weighted by molar-refractivity contribution is 6.35. The van der Waals surface area contributed by atoms with Crippen LogP contribution in [0.3, 0.4) is 0 Å². The number of hydrogen-bond donors (Lipinski definition) is 1. The zero-order valence-corrected chi connectivity index (χ0v) is 20.1. The van der Waals surface area contributed by atoms with Gasteiger partial charge in [-0.05, 0) is 60.5 Å². The van der Waals surface area contributed by atoms with E-state index in [2.05, 4.69) is 4.74 Å². The molecule has 2 fully saturated rings. The molecule has 36 heavy (non-hydrogen) atoms. The van der Waals surface area contributed by atoms with Crippen molar-refractivity contribution in [2.24, 2.45) is 11.3 Å². The molecule has 184 valence electrons. The molecule has 1 aliphatic heterocycles. The Labute approximate surface area is 214 Å². The number of carbonyl (C=O) groups excluding carboxylic acids is 1. The van der Waals surface area contributed by atoms with Gasteiger partial charge in [-0.2, -0.15) is 5.26 Å². The van der Waals surface area contributed by atoms with E-state index in [0.717, 1.165) is 0 Å². The summed E-state index contributed by atoms with van der Waals surface area (Å²) in [5.41, 5.74) is -0.295. The Kier molecular flexibility index (Phi) is 5.52. The lowest BCUT2D eigenvalue weighted by molar-refractivity contribution is -0.274. The van der Waals surface area contributed by atoms with Crippen LogP contribution in [-0.2, 0) is 10.2 Å². The van der Waals surface area contributed by atoms with E-state index in [4.69, 9.17) is 23.2 Å². The van der Waals surface area contributed by atoms with Crippen LogP contribution in [0.1, 0.15) is 23.6 Å². The van der Waals surface area contributed by atoms with E-state index in [0.29, 0.717) is 32.4 Å². The first-order valence-corrected chi connectivity index (χ1v) is 11.5. The fourth-order valence-electron chi connectivity index (χ4n) is 5.80. The molecule has 1 N–H and O–H groups in total. The van der Waals surface area contributed by atoms with Gasteiger partial charge >= 0.3 is 6.36 Å². The molecule has 3 aromatic rings. The van der Waals surface area contributed by atoms with E-state index in [1.807, 2.05) is 6.07 Å². The molecule has 3 aromatic carbocycles. The lowest BCUT2D eigenvalue weighted by Gasteiger charge is -2.33. The molecule has 0 radical (unpaired) electrons. The highest BCUT2D eigenvalue weighted by Gasteiger charge is 2.86. The van der Waals surface area contributed by atoms with Crippen molar-refractivity contribution < 1.29 is 27.8 Å². The number of halogens is 5. The van der Waals surface area contributed by atoms with Crippen molar-refractivity contribution in [1.82, 2.24) is 0 Å². The number of hydrogen-bond acceptors (Lipinski definition) is 4. The maximum absolute atomic E-state index is 13.9. The third-order valence-corrected chi connectivity index (χ3v) is 7.62. The Morgan fingerprint density at radius 1 is 1.00 bits per heavy atom. The number of benzene rings is 3. The molecular weight excluding hydrogens is 516 g/mol. The summed E-state index contributed by atoms with van der Waals surface area (Å²) in [6, 6.07) is 18.5. The van der Waals surface area contributed by atoms with E-state index in [-0.39, 0.29) is 0 Å².